The van der Waals surface area contributed by atoms with Crippen molar-refractivity contribution in [2.24, 2.45) is 5.92 Å². The Balaban J connectivity index is 2.53. The summed E-state index contributed by atoms with van der Waals surface area (Å²) in [5, 5.41) is 4.02. The Labute approximate surface area is 95.9 Å². The van der Waals surface area contributed by atoms with Crippen molar-refractivity contribution in [3.8, 4) is 0 Å². The van der Waals surface area contributed by atoms with E-state index in [-0.39, 0.29) is 17.9 Å². The van der Waals surface area contributed by atoms with Crippen molar-refractivity contribution in [1.82, 2.24) is 0 Å². The van der Waals surface area contributed by atoms with E-state index in [1.54, 1.807) is 6.92 Å². The molecule has 0 aromatic carbocycles. The second-order valence-corrected chi connectivity index (χ2v) is 4.07. The lowest BCUT2D eigenvalue weighted by atomic mass is 9.94. The summed E-state index contributed by atoms with van der Waals surface area (Å²) in [7, 11) is 0. The molecule has 0 bridgehead atoms. The Hall–Kier alpha value is -0.940. The van der Waals surface area contributed by atoms with E-state index in [0.29, 0.717) is 13.0 Å². The van der Waals surface area contributed by atoms with Crippen LogP contribution in [0.5, 0.6) is 0 Å². The van der Waals surface area contributed by atoms with Gasteiger partial charge in [0.25, 0.3) is 11.9 Å². The smallest absolute Gasteiger partial charge is 0.317 e. The number of ketones is 1. The quantitative estimate of drug-likeness (QED) is 0.424. The van der Waals surface area contributed by atoms with Gasteiger partial charge in [0.2, 0.25) is 0 Å². The van der Waals surface area contributed by atoms with Crippen LogP contribution in [-0.2, 0) is 14.3 Å². The third-order valence-corrected chi connectivity index (χ3v) is 2.83. The van der Waals surface area contributed by atoms with Crippen LogP contribution < -0.4 is 10.6 Å². The molecule has 1 rings (SSSR count). The first-order valence-corrected chi connectivity index (χ1v) is 6.07. The van der Waals surface area contributed by atoms with Crippen LogP contribution in [0.1, 0.15) is 26.7 Å². The highest BCUT2D eigenvalue weighted by Crippen LogP contribution is 2.08. The van der Waals surface area contributed by atoms with E-state index in [1.165, 1.54) is 0 Å². The molecule has 16 heavy (non-hydrogen) atoms. The molecule has 1 heterocycles. The van der Waals surface area contributed by atoms with Crippen LogP contribution in [-0.4, -0.2) is 37.6 Å². The van der Waals surface area contributed by atoms with Gasteiger partial charge in [-0.25, -0.2) is 0 Å². The summed E-state index contributed by atoms with van der Waals surface area (Å²) in [5.74, 6) is -0.878. The minimum absolute atomic E-state index is 0.0122. The molecule has 0 spiro atoms. The lowest BCUT2D eigenvalue weighted by molar-refractivity contribution is -0.889. The van der Waals surface area contributed by atoms with Gasteiger partial charge in [0.1, 0.15) is 5.92 Å². The van der Waals surface area contributed by atoms with E-state index < -0.39 is 5.92 Å². The summed E-state index contributed by atoms with van der Waals surface area (Å²) in [4.78, 5) is 23.5. The van der Waals surface area contributed by atoms with Gasteiger partial charge in [0.15, 0.2) is 0 Å². The summed E-state index contributed by atoms with van der Waals surface area (Å²) in [6.45, 7) is 5.92. The molecule has 4 N–H and O–H groups in total. The third kappa shape index (κ3) is 3.28. The number of rotatable bonds is 5. The van der Waals surface area contributed by atoms with Gasteiger partial charge in [-0.2, -0.15) is 0 Å². The molecule has 5 nitrogen and oxygen atoms in total. The summed E-state index contributed by atoms with van der Waals surface area (Å²) in [5.41, 5.74) is 0. The van der Waals surface area contributed by atoms with Crippen LogP contribution in [0.2, 0.25) is 0 Å². The van der Waals surface area contributed by atoms with Crippen molar-refractivity contribution >= 4 is 11.8 Å². The molecule has 1 aliphatic heterocycles. The average molecular weight is 230 g/mol. The van der Waals surface area contributed by atoms with Crippen molar-refractivity contribution in [2.45, 2.75) is 32.9 Å². The van der Waals surface area contributed by atoms with E-state index in [1.807, 2.05) is 10.6 Å². The molecular formula is C11H22N2O3+2. The van der Waals surface area contributed by atoms with Gasteiger partial charge in [-0.05, 0) is 13.3 Å². The van der Waals surface area contributed by atoms with Crippen LogP contribution in [0, 0.1) is 5.92 Å². The fourth-order valence-electron chi connectivity index (χ4n) is 1.97. The fraction of sp³-hybridized carbons (Fsp3) is 0.818. The monoisotopic (exact) mass is 230 g/mol. The molecule has 0 aromatic rings. The molecule has 0 saturated carbocycles. The zero-order chi connectivity index (χ0) is 12.0. The standard InChI is InChI=1S/C11H20N2O3/c1-3-6-12-10-9(14)8(5-7-13-10)11(15)16-4-2/h8,10,12-13H,3-7H2,1-2H3/p+2/t8?,10-/m1/s1. The van der Waals surface area contributed by atoms with Crippen molar-refractivity contribution in [1.29, 1.82) is 0 Å². The van der Waals surface area contributed by atoms with E-state index in [0.717, 1.165) is 19.5 Å². The van der Waals surface area contributed by atoms with Gasteiger partial charge in [0.05, 0.1) is 19.7 Å². The number of hydrogen-bond donors (Lipinski definition) is 2. The molecular weight excluding hydrogens is 208 g/mol. The molecule has 1 fully saturated rings. The molecule has 1 saturated heterocycles. The van der Waals surface area contributed by atoms with Gasteiger partial charge in [-0.1, -0.05) is 6.92 Å². The van der Waals surface area contributed by atoms with E-state index in [4.69, 9.17) is 4.74 Å². The molecule has 92 valence electrons. The van der Waals surface area contributed by atoms with E-state index >= 15 is 0 Å². The summed E-state index contributed by atoms with van der Waals surface area (Å²) < 4.78 is 4.92. The average Bonchev–Trinajstić information content (AvgIpc) is 2.28. The lowest BCUT2D eigenvalue weighted by Gasteiger charge is -2.23. The predicted octanol–water partition coefficient (Wildman–Crippen LogP) is -2.00. The third-order valence-electron chi connectivity index (χ3n) is 2.83. The number of esters is 1. The number of piperidine rings is 1. The van der Waals surface area contributed by atoms with Crippen molar-refractivity contribution < 1.29 is 25.0 Å². The van der Waals surface area contributed by atoms with Crippen LogP contribution in [0.25, 0.3) is 0 Å². The first-order valence-electron chi connectivity index (χ1n) is 6.07. The highest BCUT2D eigenvalue weighted by atomic mass is 16.5. The number of ether oxygens (including phenoxy) is 1. The van der Waals surface area contributed by atoms with Crippen molar-refractivity contribution in [3.63, 3.8) is 0 Å². The first-order chi connectivity index (χ1) is 7.70. The number of quaternary nitrogens is 2. The number of nitrogens with two attached hydrogens (primary N) is 2. The minimum Gasteiger partial charge on any atom is -0.465 e. The maximum atomic E-state index is 12.0. The van der Waals surface area contributed by atoms with Crippen LogP contribution >= 0.6 is 0 Å². The topological polar surface area (TPSA) is 76.6 Å². The zero-order valence-corrected chi connectivity index (χ0v) is 10.1. The van der Waals surface area contributed by atoms with Crippen molar-refractivity contribution in [3.05, 3.63) is 0 Å². The highest BCUT2D eigenvalue weighted by Gasteiger charge is 2.41. The van der Waals surface area contributed by atoms with Gasteiger partial charge in [-0.15, -0.1) is 0 Å². The van der Waals surface area contributed by atoms with E-state index in [9.17, 15) is 9.59 Å². The molecule has 0 radical (unpaired) electrons. The lowest BCUT2D eigenvalue weighted by Crippen LogP contribution is -3.15. The molecule has 0 amide bonds. The second kappa shape index (κ2) is 6.60. The summed E-state index contributed by atoms with van der Waals surface area (Å²) in [6, 6.07) is 0. The van der Waals surface area contributed by atoms with Crippen LogP contribution in [0.15, 0.2) is 0 Å². The normalized spacial score (nSPS) is 25.5. The van der Waals surface area contributed by atoms with Crippen molar-refractivity contribution in [2.75, 3.05) is 19.7 Å². The Kier molecular flexibility index (Phi) is 5.42. The number of Topliss-reactive ketones (excluding diaryl/α,β-unsaturated/α-hetero) is 1. The Morgan fingerprint density at radius 2 is 2.31 bits per heavy atom. The van der Waals surface area contributed by atoms with Gasteiger partial charge >= 0.3 is 5.97 Å². The minimum atomic E-state index is -0.539. The first kappa shape index (κ1) is 13.1. The Bertz CT molecular complexity index is 256. The maximum absolute atomic E-state index is 12.0. The van der Waals surface area contributed by atoms with Gasteiger partial charge < -0.3 is 4.74 Å². The zero-order valence-electron chi connectivity index (χ0n) is 10.1. The fourth-order valence-corrected chi connectivity index (χ4v) is 1.97. The highest BCUT2D eigenvalue weighted by molar-refractivity contribution is 6.00. The molecule has 0 aliphatic carbocycles. The molecule has 1 aliphatic rings. The number of carbonyl (C=O) groups is 2. The number of carbonyl (C=O) groups excluding carboxylic acids is 2. The molecule has 5 heteroatoms. The largest absolute Gasteiger partial charge is 0.465 e. The Morgan fingerprint density at radius 3 is 2.94 bits per heavy atom. The molecule has 0 aromatic heterocycles. The maximum Gasteiger partial charge on any atom is 0.317 e. The van der Waals surface area contributed by atoms with Crippen LogP contribution in [0.4, 0.5) is 0 Å². The second-order valence-electron chi connectivity index (χ2n) is 4.07. The number of hydrogen-bond acceptors (Lipinski definition) is 3. The molecule has 2 atom stereocenters. The molecule has 1 unspecified atom stereocenters. The summed E-state index contributed by atoms with van der Waals surface area (Å²) >= 11 is 0. The van der Waals surface area contributed by atoms with Gasteiger partial charge in [0, 0.05) is 6.42 Å². The predicted molar refractivity (Wildman–Crippen MR) is 57.4 cm³/mol. The van der Waals surface area contributed by atoms with Crippen LogP contribution in [0.3, 0.4) is 0 Å². The Morgan fingerprint density at radius 1 is 1.56 bits per heavy atom. The summed E-state index contributed by atoms with van der Waals surface area (Å²) in [6.07, 6.45) is 1.48. The van der Waals surface area contributed by atoms with Gasteiger partial charge in [-0.3, -0.25) is 20.2 Å². The SMILES string of the molecule is CCC[NH2+][C@@H]1[NH2+]CCC(C(=O)OCC)C1=O. The van der Waals surface area contributed by atoms with E-state index in [2.05, 4.69) is 6.92 Å².